The summed E-state index contributed by atoms with van der Waals surface area (Å²) in [6, 6.07) is 0.307. The standard InChI is InChI=1S/C12H26N2O.ClH/c1-5-10(2)9-11(3)14-12(15)7-6-8-13-4;/h10-11,13H,5-9H2,1-4H3,(H,14,15);1H. The average molecular weight is 251 g/mol. The molecule has 0 heterocycles. The lowest BCUT2D eigenvalue weighted by Crippen LogP contribution is -2.33. The average Bonchev–Trinajstić information content (AvgIpc) is 2.17. The number of carbonyl (C=O) groups excluding carboxylic acids is 1. The van der Waals surface area contributed by atoms with Gasteiger partial charge in [-0.25, -0.2) is 0 Å². The van der Waals surface area contributed by atoms with E-state index < -0.39 is 0 Å². The lowest BCUT2D eigenvalue weighted by Gasteiger charge is -2.17. The van der Waals surface area contributed by atoms with Crippen LogP contribution in [0.15, 0.2) is 0 Å². The molecule has 0 aromatic rings. The Morgan fingerprint density at radius 2 is 1.94 bits per heavy atom. The molecule has 1 amide bonds. The summed E-state index contributed by atoms with van der Waals surface area (Å²) in [5, 5.41) is 6.08. The molecule has 0 aliphatic heterocycles. The second kappa shape index (κ2) is 11.2. The molecule has 98 valence electrons. The SMILES string of the molecule is CCC(C)CC(C)NC(=O)CCCNC.Cl. The van der Waals surface area contributed by atoms with E-state index in [-0.39, 0.29) is 18.3 Å². The zero-order valence-electron chi connectivity index (χ0n) is 11.0. The third kappa shape index (κ3) is 10.2. The molecule has 0 rings (SSSR count). The number of hydrogen-bond acceptors (Lipinski definition) is 2. The number of amides is 1. The molecule has 0 bridgehead atoms. The monoisotopic (exact) mass is 250 g/mol. The molecule has 0 radical (unpaired) electrons. The Balaban J connectivity index is 0. The van der Waals surface area contributed by atoms with Crippen LogP contribution in [-0.4, -0.2) is 25.5 Å². The maximum atomic E-state index is 11.5. The first-order valence-electron chi connectivity index (χ1n) is 6.04. The first kappa shape index (κ1) is 18.1. The van der Waals surface area contributed by atoms with Gasteiger partial charge in [-0.3, -0.25) is 4.79 Å². The molecule has 16 heavy (non-hydrogen) atoms. The van der Waals surface area contributed by atoms with Crippen molar-refractivity contribution in [2.45, 2.75) is 52.5 Å². The van der Waals surface area contributed by atoms with E-state index in [1.54, 1.807) is 0 Å². The summed E-state index contributed by atoms with van der Waals surface area (Å²) in [5.41, 5.74) is 0. The van der Waals surface area contributed by atoms with E-state index in [1.165, 1.54) is 6.42 Å². The van der Waals surface area contributed by atoms with E-state index in [9.17, 15) is 4.79 Å². The minimum absolute atomic E-state index is 0. The molecule has 0 aromatic carbocycles. The Labute approximate surface area is 106 Å². The van der Waals surface area contributed by atoms with Crippen molar-refractivity contribution < 1.29 is 4.79 Å². The summed E-state index contributed by atoms with van der Waals surface area (Å²) >= 11 is 0. The van der Waals surface area contributed by atoms with Crippen molar-refractivity contribution in [2.24, 2.45) is 5.92 Å². The molecule has 3 nitrogen and oxygen atoms in total. The van der Waals surface area contributed by atoms with Crippen LogP contribution in [-0.2, 0) is 4.79 Å². The molecular formula is C12H27ClN2O. The molecule has 0 aromatic heterocycles. The fourth-order valence-corrected chi connectivity index (χ4v) is 1.60. The molecule has 2 atom stereocenters. The van der Waals surface area contributed by atoms with E-state index in [1.807, 2.05) is 7.05 Å². The van der Waals surface area contributed by atoms with Gasteiger partial charge in [0.05, 0.1) is 0 Å². The lowest BCUT2D eigenvalue weighted by atomic mass is 10.0. The zero-order valence-corrected chi connectivity index (χ0v) is 11.8. The second-order valence-electron chi connectivity index (χ2n) is 4.42. The normalized spacial score (nSPS) is 13.8. The van der Waals surface area contributed by atoms with E-state index in [0.717, 1.165) is 19.4 Å². The maximum absolute atomic E-state index is 11.5. The molecule has 2 unspecified atom stereocenters. The van der Waals surface area contributed by atoms with Crippen molar-refractivity contribution in [3.8, 4) is 0 Å². The van der Waals surface area contributed by atoms with Gasteiger partial charge in [0.1, 0.15) is 0 Å². The van der Waals surface area contributed by atoms with Crippen molar-refractivity contribution >= 4 is 18.3 Å². The smallest absolute Gasteiger partial charge is 0.220 e. The lowest BCUT2D eigenvalue weighted by molar-refractivity contribution is -0.121. The minimum Gasteiger partial charge on any atom is -0.354 e. The number of nitrogens with one attached hydrogen (secondary N) is 2. The number of halogens is 1. The van der Waals surface area contributed by atoms with Crippen molar-refractivity contribution in [2.75, 3.05) is 13.6 Å². The highest BCUT2D eigenvalue weighted by Crippen LogP contribution is 2.09. The highest BCUT2D eigenvalue weighted by atomic mass is 35.5. The Morgan fingerprint density at radius 3 is 2.44 bits per heavy atom. The van der Waals surface area contributed by atoms with Crippen molar-refractivity contribution in [3.05, 3.63) is 0 Å². The van der Waals surface area contributed by atoms with Crippen molar-refractivity contribution in [1.29, 1.82) is 0 Å². The molecule has 2 N–H and O–H groups in total. The minimum atomic E-state index is 0. The highest BCUT2D eigenvalue weighted by Gasteiger charge is 2.09. The first-order chi connectivity index (χ1) is 7.10. The summed E-state index contributed by atoms with van der Waals surface area (Å²) in [7, 11) is 1.91. The Hall–Kier alpha value is -0.280. The van der Waals surface area contributed by atoms with Crippen LogP contribution in [0, 0.1) is 5.92 Å². The predicted octanol–water partition coefficient (Wildman–Crippen LogP) is 2.35. The molecule has 4 heteroatoms. The predicted molar refractivity (Wildman–Crippen MR) is 72.1 cm³/mol. The summed E-state index contributed by atoms with van der Waals surface area (Å²) in [6.07, 6.45) is 3.80. The van der Waals surface area contributed by atoms with Crippen molar-refractivity contribution in [1.82, 2.24) is 10.6 Å². The zero-order chi connectivity index (χ0) is 11.7. The van der Waals surface area contributed by atoms with E-state index in [0.29, 0.717) is 18.4 Å². The fourth-order valence-electron chi connectivity index (χ4n) is 1.60. The van der Waals surface area contributed by atoms with Gasteiger partial charge >= 0.3 is 0 Å². The molecule has 0 aliphatic carbocycles. The molecular weight excluding hydrogens is 224 g/mol. The molecule has 0 fully saturated rings. The summed E-state index contributed by atoms with van der Waals surface area (Å²) in [6.45, 7) is 7.41. The topological polar surface area (TPSA) is 41.1 Å². The van der Waals surface area contributed by atoms with Crippen LogP contribution in [0.25, 0.3) is 0 Å². The van der Waals surface area contributed by atoms with Gasteiger partial charge in [0.25, 0.3) is 0 Å². The van der Waals surface area contributed by atoms with Crippen LogP contribution >= 0.6 is 12.4 Å². The van der Waals surface area contributed by atoms with Gasteiger partial charge in [0, 0.05) is 12.5 Å². The van der Waals surface area contributed by atoms with Crippen LogP contribution in [0.1, 0.15) is 46.5 Å². The third-order valence-corrected chi connectivity index (χ3v) is 2.69. The first-order valence-corrected chi connectivity index (χ1v) is 6.04. The number of rotatable bonds is 8. The van der Waals surface area contributed by atoms with Gasteiger partial charge in [-0.2, -0.15) is 0 Å². The van der Waals surface area contributed by atoms with Crippen LogP contribution < -0.4 is 10.6 Å². The largest absolute Gasteiger partial charge is 0.354 e. The van der Waals surface area contributed by atoms with E-state index >= 15 is 0 Å². The van der Waals surface area contributed by atoms with Gasteiger partial charge in [0.2, 0.25) is 5.91 Å². The molecule has 0 aliphatic rings. The molecule has 0 saturated heterocycles. The summed E-state index contributed by atoms with van der Waals surface area (Å²) in [5.74, 6) is 0.874. The second-order valence-corrected chi connectivity index (χ2v) is 4.42. The quantitative estimate of drug-likeness (QED) is 0.650. The molecule has 0 spiro atoms. The molecule has 0 saturated carbocycles. The van der Waals surface area contributed by atoms with E-state index in [4.69, 9.17) is 0 Å². The highest BCUT2D eigenvalue weighted by molar-refractivity contribution is 5.85. The summed E-state index contributed by atoms with van der Waals surface area (Å²) < 4.78 is 0. The maximum Gasteiger partial charge on any atom is 0.220 e. The van der Waals surface area contributed by atoms with Crippen LogP contribution in [0.2, 0.25) is 0 Å². The van der Waals surface area contributed by atoms with Crippen LogP contribution in [0.5, 0.6) is 0 Å². The number of hydrogen-bond donors (Lipinski definition) is 2. The van der Waals surface area contributed by atoms with Crippen molar-refractivity contribution in [3.63, 3.8) is 0 Å². The number of carbonyl (C=O) groups is 1. The van der Waals surface area contributed by atoms with Gasteiger partial charge in [-0.1, -0.05) is 20.3 Å². The van der Waals surface area contributed by atoms with Gasteiger partial charge in [-0.05, 0) is 39.3 Å². The Bertz CT molecular complexity index is 176. The van der Waals surface area contributed by atoms with Crippen LogP contribution in [0.3, 0.4) is 0 Å². The fraction of sp³-hybridized carbons (Fsp3) is 0.917. The van der Waals surface area contributed by atoms with Gasteiger partial charge in [0.15, 0.2) is 0 Å². The van der Waals surface area contributed by atoms with E-state index in [2.05, 4.69) is 31.4 Å². The summed E-state index contributed by atoms with van der Waals surface area (Å²) in [4.78, 5) is 11.5. The Morgan fingerprint density at radius 1 is 1.31 bits per heavy atom. The Kier molecular flexibility index (Phi) is 12.7. The van der Waals surface area contributed by atoms with Gasteiger partial charge in [-0.15, -0.1) is 12.4 Å². The third-order valence-electron chi connectivity index (χ3n) is 2.69. The van der Waals surface area contributed by atoms with Gasteiger partial charge < -0.3 is 10.6 Å². The van der Waals surface area contributed by atoms with Crippen LogP contribution in [0.4, 0.5) is 0 Å².